The van der Waals surface area contributed by atoms with Crippen LogP contribution in [0.3, 0.4) is 0 Å². The molecular formula is C16H15BrClNO. The molecule has 104 valence electrons. The summed E-state index contributed by atoms with van der Waals surface area (Å²) >= 11 is 9.33. The van der Waals surface area contributed by atoms with E-state index in [0.717, 1.165) is 10.0 Å². The van der Waals surface area contributed by atoms with Crippen molar-refractivity contribution in [2.24, 2.45) is 0 Å². The normalized spacial score (nSPS) is 10.4. The molecule has 0 unspecified atom stereocenters. The Hall–Kier alpha value is -1.32. The van der Waals surface area contributed by atoms with Crippen molar-refractivity contribution >= 4 is 33.4 Å². The van der Waals surface area contributed by atoms with Gasteiger partial charge in [-0.3, -0.25) is 4.79 Å². The number of halogens is 2. The minimum Gasteiger partial charge on any atom is -0.337 e. The van der Waals surface area contributed by atoms with Crippen LogP contribution >= 0.6 is 27.5 Å². The van der Waals surface area contributed by atoms with Gasteiger partial charge in [-0.05, 0) is 30.7 Å². The first-order valence-corrected chi connectivity index (χ1v) is 7.40. The zero-order valence-corrected chi connectivity index (χ0v) is 13.7. The first-order chi connectivity index (χ1) is 9.45. The van der Waals surface area contributed by atoms with Gasteiger partial charge in [-0.1, -0.05) is 57.4 Å². The second-order valence-corrected chi connectivity index (χ2v) is 6.16. The summed E-state index contributed by atoms with van der Waals surface area (Å²) in [6, 6.07) is 13.4. The maximum atomic E-state index is 12.4. The Balaban J connectivity index is 2.14. The molecule has 0 fully saturated rings. The number of nitrogens with zero attached hydrogens (tertiary/aromatic N) is 1. The SMILES string of the molecule is Cc1ccc(CN(C)C(=O)c2cc(Cl)cc(Br)c2)cc1. The molecule has 0 N–H and O–H groups in total. The molecule has 0 saturated carbocycles. The molecule has 1 amide bonds. The van der Waals surface area contributed by atoms with Gasteiger partial charge in [-0.2, -0.15) is 0 Å². The minimum atomic E-state index is -0.0474. The molecule has 2 rings (SSSR count). The number of carbonyl (C=O) groups is 1. The van der Waals surface area contributed by atoms with Crippen molar-refractivity contribution in [3.05, 3.63) is 68.7 Å². The molecule has 0 heterocycles. The summed E-state index contributed by atoms with van der Waals surface area (Å²) in [4.78, 5) is 14.1. The van der Waals surface area contributed by atoms with Crippen LogP contribution in [0.15, 0.2) is 46.9 Å². The van der Waals surface area contributed by atoms with Gasteiger partial charge in [0.15, 0.2) is 0 Å². The van der Waals surface area contributed by atoms with Crippen molar-refractivity contribution in [3.8, 4) is 0 Å². The van der Waals surface area contributed by atoms with Gasteiger partial charge >= 0.3 is 0 Å². The van der Waals surface area contributed by atoms with Crippen LogP contribution in [-0.4, -0.2) is 17.9 Å². The number of hydrogen-bond donors (Lipinski definition) is 0. The third-order valence-corrected chi connectivity index (χ3v) is 3.67. The fraction of sp³-hybridized carbons (Fsp3) is 0.188. The highest BCUT2D eigenvalue weighted by atomic mass is 79.9. The molecule has 0 aliphatic rings. The third-order valence-electron chi connectivity index (χ3n) is 3.00. The second kappa shape index (κ2) is 6.42. The Morgan fingerprint density at radius 1 is 1.20 bits per heavy atom. The van der Waals surface area contributed by atoms with E-state index in [0.29, 0.717) is 17.1 Å². The van der Waals surface area contributed by atoms with Gasteiger partial charge < -0.3 is 4.90 Å². The van der Waals surface area contributed by atoms with Gasteiger partial charge in [-0.25, -0.2) is 0 Å². The van der Waals surface area contributed by atoms with Gasteiger partial charge in [0.05, 0.1) is 0 Å². The highest BCUT2D eigenvalue weighted by molar-refractivity contribution is 9.10. The summed E-state index contributed by atoms with van der Waals surface area (Å²) in [6.07, 6.45) is 0. The Labute approximate surface area is 132 Å². The van der Waals surface area contributed by atoms with Crippen molar-refractivity contribution in [1.82, 2.24) is 4.90 Å². The summed E-state index contributed by atoms with van der Waals surface area (Å²) in [7, 11) is 1.79. The molecule has 0 atom stereocenters. The van der Waals surface area contributed by atoms with Crippen LogP contribution in [0.2, 0.25) is 5.02 Å². The summed E-state index contributed by atoms with van der Waals surface area (Å²) in [6.45, 7) is 2.62. The average Bonchev–Trinajstić information content (AvgIpc) is 2.39. The number of carbonyl (C=O) groups excluding carboxylic acids is 1. The molecule has 2 nitrogen and oxygen atoms in total. The fourth-order valence-electron chi connectivity index (χ4n) is 1.94. The third kappa shape index (κ3) is 3.84. The van der Waals surface area contributed by atoms with Crippen molar-refractivity contribution < 1.29 is 4.79 Å². The van der Waals surface area contributed by atoms with E-state index in [1.54, 1.807) is 30.1 Å². The molecule has 0 aliphatic heterocycles. The standard InChI is InChI=1S/C16H15BrClNO/c1-11-3-5-12(6-4-11)10-19(2)16(20)13-7-14(17)9-15(18)8-13/h3-9H,10H2,1-2H3. The van der Waals surface area contributed by atoms with E-state index in [1.807, 2.05) is 31.2 Å². The van der Waals surface area contributed by atoms with Gasteiger partial charge in [0.25, 0.3) is 5.91 Å². The zero-order valence-electron chi connectivity index (χ0n) is 11.4. The zero-order chi connectivity index (χ0) is 14.7. The van der Waals surface area contributed by atoms with E-state index < -0.39 is 0 Å². The molecule has 0 radical (unpaired) electrons. The van der Waals surface area contributed by atoms with Crippen LogP contribution in [0, 0.1) is 6.92 Å². The van der Waals surface area contributed by atoms with Gasteiger partial charge in [0.1, 0.15) is 0 Å². The smallest absolute Gasteiger partial charge is 0.253 e. The lowest BCUT2D eigenvalue weighted by molar-refractivity contribution is 0.0785. The Bertz CT molecular complexity index is 605. The first kappa shape index (κ1) is 15.1. The number of rotatable bonds is 3. The van der Waals surface area contributed by atoms with Gasteiger partial charge in [0, 0.05) is 28.7 Å². The van der Waals surface area contributed by atoms with E-state index in [4.69, 9.17) is 11.6 Å². The fourth-order valence-corrected chi connectivity index (χ4v) is 2.80. The second-order valence-electron chi connectivity index (χ2n) is 4.80. The Morgan fingerprint density at radius 2 is 1.85 bits per heavy atom. The lowest BCUT2D eigenvalue weighted by Gasteiger charge is -2.18. The lowest BCUT2D eigenvalue weighted by Crippen LogP contribution is -2.26. The van der Waals surface area contributed by atoms with Crippen molar-refractivity contribution in [1.29, 1.82) is 0 Å². The molecule has 0 aliphatic carbocycles. The molecule has 0 spiro atoms. The molecule has 0 saturated heterocycles. The Kier molecular flexibility index (Phi) is 4.84. The molecule has 2 aromatic rings. The number of benzene rings is 2. The molecular weight excluding hydrogens is 338 g/mol. The highest BCUT2D eigenvalue weighted by Crippen LogP contribution is 2.21. The summed E-state index contributed by atoms with van der Waals surface area (Å²) in [5.41, 5.74) is 2.90. The van der Waals surface area contributed by atoms with Crippen LogP contribution in [0.1, 0.15) is 21.5 Å². The van der Waals surface area contributed by atoms with Crippen molar-refractivity contribution in [3.63, 3.8) is 0 Å². The van der Waals surface area contributed by atoms with Crippen LogP contribution in [0.4, 0.5) is 0 Å². The molecule has 0 bridgehead atoms. The average molecular weight is 353 g/mol. The topological polar surface area (TPSA) is 20.3 Å². The summed E-state index contributed by atoms with van der Waals surface area (Å²) in [5.74, 6) is -0.0474. The van der Waals surface area contributed by atoms with Crippen LogP contribution < -0.4 is 0 Å². The number of aryl methyl sites for hydroxylation is 1. The Morgan fingerprint density at radius 3 is 2.45 bits per heavy atom. The van der Waals surface area contributed by atoms with Crippen LogP contribution in [0.25, 0.3) is 0 Å². The van der Waals surface area contributed by atoms with Gasteiger partial charge in [-0.15, -0.1) is 0 Å². The quantitative estimate of drug-likeness (QED) is 0.785. The molecule has 2 aromatic carbocycles. The van der Waals surface area contributed by atoms with Crippen LogP contribution in [0.5, 0.6) is 0 Å². The lowest BCUT2D eigenvalue weighted by atomic mass is 10.1. The predicted molar refractivity (Wildman–Crippen MR) is 86.1 cm³/mol. The van der Waals surface area contributed by atoms with E-state index >= 15 is 0 Å². The summed E-state index contributed by atoms with van der Waals surface area (Å²) in [5, 5.41) is 0.548. The van der Waals surface area contributed by atoms with Crippen LogP contribution in [-0.2, 0) is 6.54 Å². The highest BCUT2D eigenvalue weighted by Gasteiger charge is 2.13. The van der Waals surface area contributed by atoms with Crippen molar-refractivity contribution in [2.75, 3.05) is 7.05 Å². The minimum absolute atomic E-state index is 0.0474. The summed E-state index contributed by atoms with van der Waals surface area (Å²) < 4.78 is 0.803. The molecule has 4 heteroatoms. The van der Waals surface area contributed by atoms with E-state index in [9.17, 15) is 4.79 Å². The maximum Gasteiger partial charge on any atom is 0.253 e. The largest absolute Gasteiger partial charge is 0.337 e. The molecule has 0 aromatic heterocycles. The molecule has 20 heavy (non-hydrogen) atoms. The van der Waals surface area contributed by atoms with E-state index in [2.05, 4.69) is 15.9 Å². The van der Waals surface area contributed by atoms with E-state index in [1.165, 1.54) is 5.56 Å². The first-order valence-electron chi connectivity index (χ1n) is 6.23. The number of hydrogen-bond acceptors (Lipinski definition) is 1. The van der Waals surface area contributed by atoms with E-state index in [-0.39, 0.29) is 5.91 Å². The van der Waals surface area contributed by atoms with Crippen molar-refractivity contribution in [2.45, 2.75) is 13.5 Å². The van der Waals surface area contributed by atoms with Gasteiger partial charge in [0.2, 0.25) is 0 Å². The number of amides is 1. The monoisotopic (exact) mass is 351 g/mol. The predicted octanol–water partition coefficient (Wildman–Crippen LogP) is 4.68. The maximum absolute atomic E-state index is 12.4.